The Labute approximate surface area is 63.2 Å². The Balaban J connectivity index is 3.87. The van der Waals surface area contributed by atoms with E-state index in [0.717, 1.165) is 0 Å². The van der Waals surface area contributed by atoms with Crippen molar-refractivity contribution in [3.8, 4) is 0 Å². The molecule has 0 amide bonds. The van der Waals surface area contributed by atoms with Gasteiger partial charge in [-0.2, -0.15) is 0 Å². The molecule has 0 aliphatic rings. The van der Waals surface area contributed by atoms with E-state index in [1.165, 1.54) is 6.92 Å². The maximum atomic E-state index is 10.6. The molecule has 1 atom stereocenters. The molecule has 0 rings (SSSR count). The summed E-state index contributed by atoms with van der Waals surface area (Å²) >= 11 is 0. The Hall–Kier alpha value is -0.0800. The predicted molar refractivity (Wildman–Crippen MR) is 40.2 cm³/mol. The molecule has 0 N–H and O–H groups in total. The lowest BCUT2D eigenvalue weighted by molar-refractivity contribution is -0.204. The van der Waals surface area contributed by atoms with Gasteiger partial charge in [0.05, 0.1) is 5.60 Å². The molecule has 2 nitrogen and oxygen atoms in total. The van der Waals surface area contributed by atoms with E-state index in [1.807, 2.05) is 27.7 Å². The molecule has 2 heteroatoms. The van der Waals surface area contributed by atoms with Crippen LogP contribution in [0.15, 0.2) is 0 Å². The summed E-state index contributed by atoms with van der Waals surface area (Å²) in [6, 6.07) is 0. The quantitative estimate of drug-likeness (QED) is 0.560. The molecule has 0 aliphatic heterocycles. The van der Waals surface area contributed by atoms with Crippen molar-refractivity contribution in [3.63, 3.8) is 0 Å². The molecule has 0 heterocycles. The maximum Gasteiger partial charge on any atom is 0.189 e. The topological polar surface area (TPSA) is 29.1 Å². The minimum atomic E-state index is -0.919. The van der Waals surface area contributed by atoms with Crippen LogP contribution in [0.2, 0.25) is 0 Å². The first-order valence-corrected chi connectivity index (χ1v) is 3.70. The number of hydrogen-bond donors (Lipinski definition) is 0. The van der Waals surface area contributed by atoms with Gasteiger partial charge in [-0.3, -0.25) is 0 Å². The Bertz CT molecular complexity index is 95.4. The second-order valence-corrected chi connectivity index (χ2v) is 3.44. The molecule has 0 aromatic carbocycles. The van der Waals surface area contributed by atoms with Crippen molar-refractivity contribution in [1.29, 1.82) is 0 Å². The zero-order valence-corrected chi connectivity index (χ0v) is 7.47. The van der Waals surface area contributed by atoms with Crippen molar-refractivity contribution < 1.29 is 9.84 Å². The Kier molecular flexibility index (Phi) is 3.33. The Morgan fingerprint density at radius 1 is 1.20 bits per heavy atom. The largest absolute Gasteiger partial charge is 0.344 e. The SMILES string of the molecule is CC([O])OC(C)(C)C(C)C. The van der Waals surface area contributed by atoms with E-state index in [2.05, 4.69) is 0 Å². The first kappa shape index (κ1) is 9.92. The summed E-state index contributed by atoms with van der Waals surface area (Å²) in [5, 5.41) is 10.6. The van der Waals surface area contributed by atoms with Gasteiger partial charge in [-0.25, -0.2) is 5.11 Å². The zero-order valence-electron chi connectivity index (χ0n) is 7.47. The predicted octanol–water partition coefficient (Wildman–Crippen LogP) is 2.21. The molecular weight excluding hydrogens is 128 g/mol. The van der Waals surface area contributed by atoms with Crippen molar-refractivity contribution in [3.05, 3.63) is 0 Å². The highest BCUT2D eigenvalue weighted by Crippen LogP contribution is 2.21. The second kappa shape index (κ2) is 3.35. The molecule has 1 radical (unpaired) electrons. The third kappa shape index (κ3) is 3.18. The average molecular weight is 145 g/mol. The highest BCUT2D eigenvalue weighted by atomic mass is 16.6. The van der Waals surface area contributed by atoms with Gasteiger partial charge in [-0.15, -0.1) is 0 Å². The summed E-state index contributed by atoms with van der Waals surface area (Å²) in [5.74, 6) is 0.379. The summed E-state index contributed by atoms with van der Waals surface area (Å²) < 4.78 is 5.14. The molecule has 0 spiro atoms. The standard InChI is InChI=1S/C8H17O2/c1-6(2)8(4,5)10-7(3)9/h6-7H,1-5H3. The first-order chi connectivity index (χ1) is 4.36. The van der Waals surface area contributed by atoms with E-state index in [9.17, 15) is 5.11 Å². The lowest BCUT2D eigenvalue weighted by atomic mass is 9.95. The molecule has 0 aromatic rings. The number of rotatable bonds is 3. The zero-order chi connectivity index (χ0) is 8.36. The van der Waals surface area contributed by atoms with Crippen molar-refractivity contribution in [2.45, 2.75) is 46.5 Å². The van der Waals surface area contributed by atoms with Crippen LogP contribution in [0.1, 0.15) is 34.6 Å². The van der Waals surface area contributed by atoms with Gasteiger partial charge in [0, 0.05) is 0 Å². The van der Waals surface area contributed by atoms with Crippen molar-refractivity contribution in [2.75, 3.05) is 0 Å². The fourth-order valence-electron chi connectivity index (χ4n) is 0.564. The highest BCUT2D eigenvalue weighted by molar-refractivity contribution is 4.72. The van der Waals surface area contributed by atoms with Crippen molar-refractivity contribution in [2.24, 2.45) is 5.92 Å². The summed E-state index contributed by atoms with van der Waals surface area (Å²) in [4.78, 5) is 0. The van der Waals surface area contributed by atoms with E-state index >= 15 is 0 Å². The van der Waals surface area contributed by atoms with Crippen LogP contribution in [0, 0.1) is 5.92 Å². The van der Waals surface area contributed by atoms with Crippen LogP contribution < -0.4 is 0 Å². The lowest BCUT2D eigenvalue weighted by Crippen LogP contribution is -2.34. The smallest absolute Gasteiger partial charge is 0.189 e. The molecule has 0 aliphatic carbocycles. The van der Waals surface area contributed by atoms with Crippen LogP contribution in [0.4, 0.5) is 0 Å². The van der Waals surface area contributed by atoms with E-state index < -0.39 is 6.29 Å². The molecule has 0 bridgehead atoms. The second-order valence-electron chi connectivity index (χ2n) is 3.44. The molecule has 0 saturated heterocycles. The molecule has 0 saturated carbocycles. The van der Waals surface area contributed by atoms with Gasteiger partial charge < -0.3 is 4.74 Å². The van der Waals surface area contributed by atoms with Crippen LogP contribution in [0.5, 0.6) is 0 Å². The van der Waals surface area contributed by atoms with E-state index in [0.29, 0.717) is 5.92 Å². The van der Waals surface area contributed by atoms with E-state index in [-0.39, 0.29) is 5.60 Å². The fraction of sp³-hybridized carbons (Fsp3) is 1.00. The van der Waals surface area contributed by atoms with Crippen LogP contribution >= 0.6 is 0 Å². The van der Waals surface area contributed by atoms with Gasteiger partial charge in [0.15, 0.2) is 6.29 Å². The van der Waals surface area contributed by atoms with Crippen molar-refractivity contribution in [1.82, 2.24) is 0 Å². The van der Waals surface area contributed by atoms with Gasteiger partial charge in [-0.05, 0) is 26.7 Å². The van der Waals surface area contributed by atoms with Gasteiger partial charge >= 0.3 is 0 Å². The van der Waals surface area contributed by atoms with Gasteiger partial charge in [0.25, 0.3) is 0 Å². The van der Waals surface area contributed by atoms with E-state index in [4.69, 9.17) is 4.74 Å². The summed E-state index contributed by atoms with van der Waals surface area (Å²) in [5.41, 5.74) is -0.291. The fourth-order valence-corrected chi connectivity index (χ4v) is 0.564. The van der Waals surface area contributed by atoms with Crippen LogP contribution in [-0.2, 0) is 9.84 Å². The molecule has 61 valence electrons. The molecular formula is C8H17O2. The Morgan fingerprint density at radius 3 is 1.70 bits per heavy atom. The van der Waals surface area contributed by atoms with Crippen LogP contribution in [-0.4, -0.2) is 11.9 Å². The minimum absolute atomic E-state index is 0.291. The third-order valence-electron chi connectivity index (χ3n) is 1.86. The third-order valence-corrected chi connectivity index (χ3v) is 1.86. The summed E-state index contributed by atoms with van der Waals surface area (Å²) in [7, 11) is 0. The van der Waals surface area contributed by atoms with Crippen molar-refractivity contribution >= 4 is 0 Å². The molecule has 0 aromatic heterocycles. The van der Waals surface area contributed by atoms with Crippen LogP contribution in [0.3, 0.4) is 0 Å². The summed E-state index contributed by atoms with van der Waals surface area (Å²) in [6.45, 7) is 9.48. The lowest BCUT2D eigenvalue weighted by Gasteiger charge is -2.30. The summed E-state index contributed by atoms with van der Waals surface area (Å²) in [6.07, 6.45) is -0.919. The van der Waals surface area contributed by atoms with Gasteiger partial charge in [0.2, 0.25) is 0 Å². The normalized spacial score (nSPS) is 15.9. The minimum Gasteiger partial charge on any atom is -0.344 e. The van der Waals surface area contributed by atoms with E-state index in [1.54, 1.807) is 0 Å². The average Bonchev–Trinajstić information content (AvgIpc) is 1.60. The highest BCUT2D eigenvalue weighted by Gasteiger charge is 2.24. The Morgan fingerprint density at radius 2 is 1.60 bits per heavy atom. The molecule has 0 fully saturated rings. The number of hydrogen-bond acceptors (Lipinski definition) is 1. The molecule has 1 unspecified atom stereocenters. The monoisotopic (exact) mass is 145 g/mol. The van der Waals surface area contributed by atoms with Gasteiger partial charge in [-0.1, -0.05) is 13.8 Å². The maximum absolute atomic E-state index is 10.6. The van der Waals surface area contributed by atoms with Gasteiger partial charge in [0.1, 0.15) is 0 Å². The van der Waals surface area contributed by atoms with Crippen LogP contribution in [0.25, 0.3) is 0 Å². The molecule has 10 heavy (non-hydrogen) atoms. The number of ether oxygens (including phenoxy) is 1. The first-order valence-electron chi connectivity index (χ1n) is 3.70.